The molecule has 19 heavy (non-hydrogen) atoms. The molecule has 2 rings (SSSR count). The molecule has 0 aliphatic carbocycles. The first kappa shape index (κ1) is 13.7. The lowest BCUT2D eigenvalue weighted by Gasteiger charge is -2.18. The number of benzene rings is 1. The molecule has 1 N–H and O–H groups in total. The summed E-state index contributed by atoms with van der Waals surface area (Å²) in [5, 5.41) is 8.40. The SMILES string of the molecule is Cc1c(CNc2cc(Cl)ccc2N(C)C)cnn1C. The fourth-order valence-corrected chi connectivity index (χ4v) is 2.12. The maximum absolute atomic E-state index is 6.06. The van der Waals surface area contributed by atoms with Crippen molar-refractivity contribution in [2.45, 2.75) is 13.5 Å². The van der Waals surface area contributed by atoms with E-state index in [2.05, 4.69) is 22.2 Å². The smallest absolute Gasteiger partial charge is 0.0597 e. The number of hydrogen-bond donors (Lipinski definition) is 1. The fourth-order valence-electron chi connectivity index (χ4n) is 1.95. The quantitative estimate of drug-likeness (QED) is 0.933. The average molecular weight is 279 g/mol. The maximum Gasteiger partial charge on any atom is 0.0597 e. The molecule has 0 unspecified atom stereocenters. The van der Waals surface area contributed by atoms with Gasteiger partial charge in [-0.2, -0.15) is 5.10 Å². The van der Waals surface area contributed by atoms with Gasteiger partial charge in [0, 0.05) is 44.0 Å². The Morgan fingerprint density at radius 3 is 2.68 bits per heavy atom. The second-order valence-corrected chi connectivity index (χ2v) is 5.22. The van der Waals surface area contributed by atoms with Crippen LogP contribution >= 0.6 is 11.6 Å². The normalized spacial score (nSPS) is 10.6. The summed E-state index contributed by atoms with van der Waals surface area (Å²) in [5.41, 5.74) is 4.50. The van der Waals surface area contributed by atoms with Gasteiger partial charge in [-0.3, -0.25) is 4.68 Å². The van der Waals surface area contributed by atoms with Crippen molar-refractivity contribution >= 4 is 23.0 Å². The van der Waals surface area contributed by atoms with Crippen molar-refractivity contribution in [2.24, 2.45) is 7.05 Å². The minimum Gasteiger partial charge on any atom is -0.379 e. The van der Waals surface area contributed by atoms with Crippen LogP contribution in [0.3, 0.4) is 0 Å². The molecular weight excluding hydrogens is 260 g/mol. The van der Waals surface area contributed by atoms with E-state index in [4.69, 9.17) is 11.6 Å². The first-order valence-electron chi connectivity index (χ1n) is 6.17. The molecule has 5 heteroatoms. The minimum atomic E-state index is 0.732. The van der Waals surface area contributed by atoms with Crippen LogP contribution in [0.4, 0.5) is 11.4 Å². The third kappa shape index (κ3) is 3.01. The lowest BCUT2D eigenvalue weighted by Crippen LogP contribution is -2.12. The molecule has 0 fully saturated rings. The van der Waals surface area contributed by atoms with E-state index in [1.807, 2.05) is 50.2 Å². The molecule has 0 amide bonds. The largest absolute Gasteiger partial charge is 0.379 e. The molecule has 4 nitrogen and oxygen atoms in total. The van der Waals surface area contributed by atoms with Gasteiger partial charge in [0.25, 0.3) is 0 Å². The van der Waals surface area contributed by atoms with E-state index >= 15 is 0 Å². The monoisotopic (exact) mass is 278 g/mol. The summed E-state index contributed by atoms with van der Waals surface area (Å²) in [7, 11) is 5.98. The zero-order valence-corrected chi connectivity index (χ0v) is 12.5. The molecule has 0 bridgehead atoms. The van der Waals surface area contributed by atoms with Gasteiger partial charge < -0.3 is 10.2 Å². The van der Waals surface area contributed by atoms with Gasteiger partial charge >= 0.3 is 0 Å². The number of rotatable bonds is 4. The molecule has 102 valence electrons. The highest BCUT2D eigenvalue weighted by molar-refractivity contribution is 6.31. The Morgan fingerprint density at radius 2 is 2.11 bits per heavy atom. The Bertz CT molecular complexity index is 575. The van der Waals surface area contributed by atoms with Crippen molar-refractivity contribution in [3.63, 3.8) is 0 Å². The predicted octanol–water partition coefficient (Wildman–Crippen LogP) is 3.06. The first-order chi connectivity index (χ1) is 8.99. The van der Waals surface area contributed by atoms with E-state index in [1.165, 1.54) is 11.3 Å². The van der Waals surface area contributed by atoms with E-state index in [-0.39, 0.29) is 0 Å². The average Bonchev–Trinajstić information content (AvgIpc) is 2.67. The van der Waals surface area contributed by atoms with Crippen molar-refractivity contribution in [3.8, 4) is 0 Å². The van der Waals surface area contributed by atoms with E-state index < -0.39 is 0 Å². The summed E-state index contributed by atoms with van der Waals surface area (Å²) in [6.45, 7) is 2.80. The van der Waals surface area contributed by atoms with Crippen molar-refractivity contribution < 1.29 is 0 Å². The van der Waals surface area contributed by atoms with Crippen molar-refractivity contribution in [1.29, 1.82) is 0 Å². The van der Waals surface area contributed by atoms with Crippen LogP contribution in [0.1, 0.15) is 11.3 Å². The van der Waals surface area contributed by atoms with E-state index in [1.54, 1.807) is 0 Å². The van der Waals surface area contributed by atoms with Gasteiger partial charge in [-0.15, -0.1) is 0 Å². The Morgan fingerprint density at radius 1 is 1.37 bits per heavy atom. The number of hydrogen-bond acceptors (Lipinski definition) is 3. The molecule has 1 aromatic heterocycles. The molecular formula is C14H19ClN4. The van der Waals surface area contributed by atoms with Crippen LogP contribution in [-0.4, -0.2) is 23.9 Å². The summed E-state index contributed by atoms with van der Waals surface area (Å²) in [6.07, 6.45) is 1.89. The zero-order chi connectivity index (χ0) is 14.0. The van der Waals surface area contributed by atoms with E-state index in [0.717, 1.165) is 22.9 Å². The Labute approximate surface area is 119 Å². The van der Waals surface area contributed by atoms with E-state index in [0.29, 0.717) is 0 Å². The minimum absolute atomic E-state index is 0.732. The van der Waals surface area contributed by atoms with Gasteiger partial charge in [0.2, 0.25) is 0 Å². The van der Waals surface area contributed by atoms with E-state index in [9.17, 15) is 0 Å². The summed E-state index contributed by atoms with van der Waals surface area (Å²) in [4.78, 5) is 2.06. The lowest BCUT2D eigenvalue weighted by atomic mass is 10.2. The standard InChI is InChI=1S/C14H19ClN4/c1-10-11(9-17-19(10)4)8-16-13-7-12(15)5-6-14(13)18(2)3/h5-7,9,16H,8H2,1-4H3. The molecule has 1 heterocycles. The van der Waals surface area contributed by atoms with Gasteiger partial charge in [0.05, 0.1) is 17.6 Å². The number of aromatic nitrogens is 2. The molecule has 0 saturated carbocycles. The maximum atomic E-state index is 6.06. The number of halogens is 1. The Balaban J connectivity index is 2.19. The van der Waals surface area contributed by atoms with Crippen LogP contribution in [0.5, 0.6) is 0 Å². The second-order valence-electron chi connectivity index (χ2n) is 4.79. The van der Waals surface area contributed by atoms with Gasteiger partial charge in [-0.05, 0) is 25.1 Å². The van der Waals surface area contributed by atoms with Crippen LogP contribution in [0.25, 0.3) is 0 Å². The summed E-state index contributed by atoms with van der Waals surface area (Å²) in [5.74, 6) is 0. The first-order valence-corrected chi connectivity index (χ1v) is 6.55. The van der Waals surface area contributed by atoms with Gasteiger partial charge in [0.15, 0.2) is 0 Å². The molecule has 0 aliphatic rings. The van der Waals surface area contributed by atoms with Crippen molar-refractivity contribution in [3.05, 3.63) is 40.7 Å². The second kappa shape index (κ2) is 5.53. The summed E-state index contributed by atoms with van der Waals surface area (Å²) >= 11 is 6.06. The van der Waals surface area contributed by atoms with Gasteiger partial charge in [0.1, 0.15) is 0 Å². The van der Waals surface area contributed by atoms with Crippen LogP contribution in [0, 0.1) is 6.92 Å². The fraction of sp³-hybridized carbons (Fsp3) is 0.357. The molecule has 0 atom stereocenters. The number of aryl methyl sites for hydroxylation is 1. The Kier molecular flexibility index (Phi) is 4.00. The molecule has 2 aromatic rings. The molecule has 0 radical (unpaired) electrons. The highest BCUT2D eigenvalue weighted by Crippen LogP contribution is 2.28. The van der Waals surface area contributed by atoms with Gasteiger partial charge in [-0.1, -0.05) is 11.6 Å². The lowest BCUT2D eigenvalue weighted by molar-refractivity contribution is 0.738. The van der Waals surface area contributed by atoms with Crippen molar-refractivity contribution in [2.75, 3.05) is 24.3 Å². The third-order valence-electron chi connectivity index (χ3n) is 3.25. The van der Waals surface area contributed by atoms with Crippen LogP contribution in [0.15, 0.2) is 24.4 Å². The number of anilines is 2. The third-order valence-corrected chi connectivity index (χ3v) is 3.48. The topological polar surface area (TPSA) is 33.1 Å². The Hall–Kier alpha value is -1.68. The molecule has 0 spiro atoms. The van der Waals surface area contributed by atoms with Crippen LogP contribution in [-0.2, 0) is 13.6 Å². The molecule has 0 saturated heterocycles. The predicted molar refractivity (Wildman–Crippen MR) is 81.1 cm³/mol. The molecule has 1 aromatic carbocycles. The zero-order valence-electron chi connectivity index (χ0n) is 11.7. The van der Waals surface area contributed by atoms with Crippen LogP contribution < -0.4 is 10.2 Å². The molecule has 0 aliphatic heterocycles. The highest BCUT2D eigenvalue weighted by atomic mass is 35.5. The number of nitrogens with one attached hydrogen (secondary N) is 1. The highest BCUT2D eigenvalue weighted by Gasteiger charge is 2.07. The summed E-state index contributed by atoms with van der Waals surface area (Å²) in [6, 6.07) is 5.86. The van der Waals surface area contributed by atoms with Crippen LogP contribution in [0.2, 0.25) is 5.02 Å². The van der Waals surface area contributed by atoms with Gasteiger partial charge in [-0.25, -0.2) is 0 Å². The summed E-state index contributed by atoms with van der Waals surface area (Å²) < 4.78 is 1.88. The number of nitrogens with zero attached hydrogens (tertiary/aromatic N) is 3. The van der Waals surface area contributed by atoms with Crippen molar-refractivity contribution in [1.82, 2.24) is 9.78 Å².